The van der Waals surface area contributed by atoms with Gasteiger partial charge in [-0.1, -0.05) is 30.3 Å². The standard InChI is InChI=1S/C14H22N4O2/c15-8-4-7-12(16)14(20)18-10-13(19)17-9-11-5-2-1-3-6-11/h1-3,5-6,12H,4,7-10,15-16H2,(H,17,19)(H,18,20)/t12-/m0/s1. The number of rotatable bonds is 8. The summed E-state index contributed by atoms with van der Waals surface area (Å²) in [5.41, 5.74) is 12.0. The summed E-state index contributed by atoms with van der Waals surface area (Å²) in [6, 6.07) is 8.94. The average Bonchev–Trinajstić information content (AvgIpc) is 2.49. The van der Waals surface area contributed by atoms with Crippen LogP contribution in [0.3, 0.4) is 0 Å². The normalized spacial score (nSPS) is 11.7. The van der Waals surface area contributed by atoms with E-state index < -0.39 is 6.04 Å². The van der Waals surface area contributed by atoms with Crippen LogP contribution in [0.25, 0.3) is 0 Å². The molecule has 1 atom stereocenters. The van der Waals surface area contributed by atoms with Crippen LogP contribution in [-0.4, -0.2) is 30.9 Å². The Morgan fingerprint density at radius 1 is 1.15 bits per heavy atom. The number of nitrogens with two attached hydrogens (primary N) is 2. The maximum atomic E-state index is 11.6. The first-order valence-corrected chi connectivity index (χ1v) is 6.67. The van der Waals surface area contributed by atoms with E-state index in [1.165, 1.54) is 0 Å². The van der Waals surface area contributed by atoms with Crippen molar-refractivity contribution in [3.05, 3.63) is 35.9 Å². The van der Waals surface area contributed by atoms with Crippen LogP contribution in [0.5, 0.6) is 0 Å². The lowest BCUT2D eigenvalue weighted by molar-refractivity contribution is -0.127. The average molecular weight is 278 g/mol. The second-order valence-corrected chi connectivity index (χ2v) is 4.52. The van der Waals surface area contributed by atoms with Gasteiger partial charge >= 0.3 is 0 Å². The highest BCUT2D eigenvalue weighted by Gasteiger charge is 2.13. The van der Waals surface area contributed by atoms with Crippen molar-refractivity contribution in [2.24, 2.45) is 11.5 Å². The highest BCUT2D eigenvalue weighted by atomic mass is 16.2. The third-order valence-corrected chi connectivity index (χ3v) is 2.81. The van der Waals surface area contributed by atoms with Crippen molar-refractivity contribution < 1.29 is 9.59 Å². The predicted molar refractivity (Wildman–Crippen MR) is 77.6 cm³/mol. The Balaban J connectivity index is 2.21. The summed E-state index contributed by atoms with van der Waals surface area (Å²) in [6.45, 7) is 0.870. The molecule has 0 saturated carbocycles. The molecule has 1 rings (SSSR count). The molecule has 0 fully saturated rings. The van der Waals surface area contributed by atoms with Gasteiger partial charge in [0.25, 0.3) is 0 Å². The lowest BCUT2D eigenvalue weighted by atomic mass is 10.1. The summed E-state index contributed by atoms with van der Waals surface area (Å²) >= 11 is 0. The molecule has 0 heterocycles. The van der Waals surface area contributed by atoms with Gasteiger partial charge in [0.05, 0.1) is 12.6 Å². The summed E-state index contributed by atoms with van der Waals surface area (Å²) in [4.78, 5) is 23.1. The minimum absolute atomic E-state index is 0.0675. The lowest BCUT2D eigenvalue weighted by Crippen LogP contribution is -2.44. The van der Waals surface area contributed by atoms with Crippen LogP contribution in [0, 0.1) is 0 Å². The van der Waals surface area contributed by atoms with Gasteiger partial charge in [-0.05, 0) is 24.9 Å². The van der Waals surface area contributed by atoms with E-state index in [1.807, 2.05) is 30.3 Å². The second-order valence-electron chi connectivity index (χ2n) is 4.52. The number of hydrogen-bond donors (Lipinski definition) is 4. The third-order valence-electron chi connectivity index (χ3n) is 2.81. The van der Waals surface area contributed by atoms with Crippen LogP contribution in [0.15, 0.2) is 30.3 Å². The molecule has 20 heavy (non-hydrogen) atoms. The fourth-order valence-electron chi connectivity index (χ4n) is 1.63. The Hall–Kier alpha value is -1.92. The smallest absolute Gasteiger partial charge is 0.239 e. The Morgan fingerprint density at radius 2 is 1.85 bits per heavy atom. The van der Waals surface area contributed by atoms with Gasteiger partial charge in [-0.3, -0.25) is 9.59 Å². The number of benzene rings is 1. The molecule has 0 radical (unpaired) electrons. The van der Waals surface area contributed by atoms with E-state index in [9.17, 15) is 9.59 Å². The summed E-state index contributed by atoms with van der Waals surface area (Å²) in [7, 11) is 0. The molecule has 0 aliphatic rings. The van der Waals surface area contributed by atoms with E-state index in [-0.39, 0.29) is 18.4 Å². The maximum Gasteiger partial charge on any atom is 0.239 e. The van der Waals surface area contributed by atoms with Gasteiger partial charge < -0.3 is 22.1 Å². The zero-order chi connectivity index (χ0) is 14.8. The summed E-state index contributed by atoms with van der Waals surface area (Å²) < 4.78 is 0. The van der Waals surface area contributed by atoms with Crippen molar-refractivity contribution in [2.75, 3.05) is 13.1 Å². The van der Waals surface area contributed by atoms with E-state index in [0.717, 1.165) is 5.56 Å². The molecule has 0 bridgehead atoms. The summed E-state index contributed by atoms with van der Waals surface area (Å²) in [5.74, 6) is -0.568. The van der Waals surface area contributed by atoms with Crippen LogP contribution in [0.4, 0.5) is 0 Å². The Morgan fingerprint density at radius 3 is 2.50 bits per heavy atom. The highest BCUT2D eigenvalue weighted by Crippen LogP contribution is 1.96. The van der Waals surface area contributed by atoms with E-state index in [2.05, 4.69) is 10.6 Å². The molecule has 0 spiro atoms. The van der Waals surface area contributed by atoms with Gasteiger partial charge in [-0.2, -0.15) is 0 Å². The molecule has 0 aliphatic heterocycles. The maximum absolute atomic E-state index is 11.6. The van der Waals surface area contributed by atoms with Crippen molar-refractivity contribution in [3.8, 4) is 0 Å². The fourth-order valence-corrected chi connectivity index (χ4v) is 1.63. The predicted octanol–water partition coefficient (Wildman–Crippen LogP) is -0.515. The molecule has 0 saturated heterocycles. The number of nitrogens with one attached hydrogen (secondary N) is 2. The quantitative estimate of drug-likeness (QED) is 0.513. The van der Waals surface area contributed by atoms with Gasteiger partial charge in [-0.25, -0.2) is 0 Å². The van der Waals surface area contributed by atoms with E-state index in [1.54, 1.807) is 0 Å². The minimum atomic E-state index is -0.611. The first-order chi connectivity index (χ1) is 9.63. The summed E-state index contributed by atoms with van der Waals surface area (Å²) in [5, 5.41) is 5.23. The minimum Gasteiger partial charge on any atom is -0.350 e. The molecule has 6 heteroatoms. The molecule has 0 unspecified atom stereocenters. The third kappa shape index (κ3) is 6.31. The molecule has 0 aliphatic carbocycles. The zero-order valence-corrected chi connectivity index (χ0v) is 11.5. The first kappa shape index (κ1) is 16.1. The molecular formula is C14H22N4O2. The van der Waals surface area contributed by atoms with Crippen molar-refractivity contribution in [3.63, 3.8) is 0 Å². The zero-order valence-electron chi connectivity index (χ0n) is 11.5. The van der Waals surface area contributed by atoms with Crippen LogP contribution in [-0.2, 0) is 16.1 Å². The second kappa shape index (κ2) is 9.06. The monoisotopic (exact) mass is 278 g/mol. The number of hydrogen-bond acceptors (Lipinski definition) is 4. The van der Waals surface area contributed by atoms with E-state index >= 15 is 0 Å². The van der Waals surface area contributed by atoms with Crippen LogP contribution in [0.1, 0.15) is 18.4 Å². The molecule has 6 nitrogen and oxygen atoms in total. The van der Waals surface area contributed by atoms with Crippen molar-refractivity contribution in [1.82, 2.24) is 10.6 Å². The molecule has 2 amide bonds. The van der Waals surface area contributed by atoms with Crippen LogP contribution in [0.2, 0.25) is 0 Å². The topological polar surface area (TPSA) is 110 Å². The number of amides is 2. The van der Waals surface area contributed by atoms with Gasteiger partial charge in [0, 0.05) is 6.54 Å². The fraction of sp³-hybridized carbons (Fsp3) is 0.429. The number of carbonyl (C=O) groups excluding carboxylic acids is 2. The SMILES string of the molecule is NCCC[C@H](N)C(=O)NCC(=O)NCc1ccccc1. The van der Waals surface area contributed by atoms with E-state index in [4.69, 9.17) is 11.5 Å². The van der Waals surface area contributed by atoms with Crippen molar-refractivity contribution in [2.45, 2.75) is 25.4 Å². The van der Waals surface area contributed by atoms with Gasteiger partial charge in [-0.15, -0.1) is 0 Å². The highest BCUT2D eigenvalue weighted by molar-refractivity contribution is 5.87. The van der Waals surface area contributed by atoms with Gasteiger partial charge in [0.15, 0.2) is 0 Å². The van der Waals surface area contributed by atoms with E-state index in [0.29, 0.717) is 25.9 Å². The molecule has 0 aromatic heterocycles. The molecule has 1 aromatic rings. The molecule has 110 valence electrons. The van der Waals surface area contributed by atoms with Gasteiger partial charge in [0.2, 0.25) is 11.8 Å². The Kier molecular flexibility index (Phi) is 7.31. The molecule has 6 N–H and O–H groups in total. The van der Waals surface area contributed by atoms with Crippen LogP contribution >= 0.6 is 0 Å². The summed E-state index contributed by atoms with van der Waals surface area (Å²) in [6.07, 6.45) is 1.21. The largest absolute Gasteiger partial charge is 0.350 e. The number of carbonyl (C=O) groups is 2. The molecule has 1 aromatic carbocycles. The van der Waals surface area contributed by atoms with Gasteiger partial charge in [0.1, 0.15) is 0 Å². The lowest BCUT2D eigenvalue weighted by Gasteiger charge is -2.11. The first-order valence-electron chi connectivity index (χ1n) is 6.67. The van der Waals surface area contributed by atoms with Crippen molar-refractivity contribution in [1.29, 1.82) is 0 Å². The molecular weight excluding hydrogens is 256 g/mol. The Labute approximate surface area is 118 Å². The van der Waals surface area contributed by atoms with Crippen molar-refractivity contribution >= 4 is 11.8 Å². The Bertz CT molecular complexity index is 422. The van der Waals surface area contributed by atoms with Crippen LogP contribution < -0.4 is 22.1 Å².